The van der Waals surface area contributed by atoms with E-state index in [4.69, 9.17) is 9.47 Å². The fraction of sp³-hybridized carbons (Fsp3) is 0.238. The molecule has 0 fully saturated rings. The van der Waals surface area contributed by atoms with Crippen molar-refractivity contribution < 1.29 is 32.3 Å². The van der Waals surface area contributed by atoms with Gasteiger partial charge in [0.25, 0.3) is 0 Å². The van der Waals surface area contributed by atoms with Crippen molar-refractivity contribution in [3.63, 3.8) is 0 Å². The molecule has 0 bridgehead atoms. The Morgan fingerprint density at radius 2 is 1.97 bits per heavy atom. The summed E-state index contributed by atoms with van der Waals surface area (Å²) < 4.78 is 53.5. The Kier molecular flexibility index (Phi) is 5.89. The van der Waals surface area contributed by atoms with E-state index in [1.165, 1.54) is 35.0 Å². The molecule has 1 aromatic heterocycles. The summed E-state index contributed by atoms with van der Waals surface area (Å²) in [5.41, 5.74) is 2.22. The van der Waals surface area contributed by atoms with Crippen LogP contribution in [0.4, 0.5) is 19.0 Å². The smallest absolute Gasteiger partial charge is 0.443 e. The van der Waals surface area contributed by atoms with Crippen molar-refractivity contribution in [2.75, 3.05) is 6.61 Å². The fourth-order valence-corrected chi connectivity index (χ4v) is 3.30. The standard InChI is InChI=1S/C21H15F3N4O5/c22-21(23,24)33-17-5-3-13(4-6-17)14-1-2-15(16(7-14)8-25)11-31-18-9-27-10-19(28(29)30)26-20(27)32-12-18/h1-7,10,18H,9,11-12H2/t18-/m0/s1. The van der Waals surface area contributed by atoms with Crippen molar-refractivity contribution in [2.24, 2.45) is 0 Å². The van der Waals surface area contributed by atoms with Crippen LogP contribution in [-0.4, -0.2) is 33.5 Å². The number of benzene rings is 2. The first-order chi connectivity index (χ1) is 15.7. The van der Waals surface area contributed by atoms with Crippen molar-refractivity contribution in [2.45, 2.75) is 25.6 Å². The quantitative estimate of drug-likeness (QED) is 0.400. The Labute approximate surface area is 184 Å². The van der Waals surface area contributed by atoms with Gasteiger partial charge in [0.2, 0.25) is 0 Å². The summed E-state index contributed by atoms with van der Waals surface area (Å²) in [5, 5.41) is 20.4. The molecule has 33 heavy (non-hydrogen) atoms. The zero-order chi connectivity index (χ0) is 23.6. The number of nitriles is 1. The Bertz CT molecular complexity index is 1220. The van der Waals surface area contributed by atoms with Crippen molar-refractivity contribution in [1.29, 1.82) is 5.26 Å². The predicted octanol–water partition coefficient (Wildman–Crippen LogP) is 4.21. The van der Waals surface area contributed by atoms with Crippen molar-refractivity contribution in [3.8, 4) is 29.0 Å². The lowest BCUT2D eigenvalue weighted by molar-refractivity contribution is -0.389. The van der Waals surface area contributed by atoms with E-state index < -0.39 is 17.4 Å². The number of hydrogen-bond donors (Lipinski definition) is 0. The first-order valence-corrected chi connectivity index (χ1v) is 9.57. The second kappa shape index (κ2) is 8.79. The van der Waals surface area contributed by atoms with Gasteiger partial charge in [-0.05, 0) is 39.8 Å². The summed E-state index contributed by atoms with van der Waals surface area (Å²) in [7, 11) is 0. The summed E-state index contributed by atoms with van der Waals surface area (Å²) in [6, 6.07) is 12.6. The third kappa shape index (κ3) is 5.21. The van der Waals surface area contributed by atoms with Crippen molar-refractivity contribution in [3.05, 3.63) is 69.9 Å². The summed E-state index contributed by atoms with van der Waals surface area (Å²) in [6.45, 7) is 0.560. The number of nitro groups is 1. The molecule has 0 N–H and O–H groups in total. The molecule has 1 atom stereocenters. The molecule has 0 amide bonds. The van der Waals surface area contributed by atoms with Gasteiger partial charge in [-0.1, -0.05) is 24.3 Å². The minimum atomic E-state index is -4.77. The maximum absolute atomic E-state index is 12.3. The number of ether oxygens (including phenoxy) is 3. The third-order valence-electron chi connectivity index (χ3n) is 4.84. The number of fused-ring (bicyclic) bond motifs is 1. The third-order valence-corrected chi connectivity index (χ3v) is 4.84. The molecule has 1 aliphatic heterocycles. The van der Waals surface area contributed by atoms with Gasteiger partial charge in [-0.15, -0.1) is 13.2 Å². The van der Waals surface area contributed by atoms with Crippen LogP contribution in [0.25, 0.3) is 11.1 Å². The van der Waals surface area contributed by atoms with Crippen LogP contribution in [0.15, 0.2) is 48.7 Å². The molecular formula is C21H15F3N4O5. The van der Waals surface area contributed by atoms with Crippen molar-refractivity contribution >= 4 is 5.82 Å². The van der Waals surface area contributed by atoms with E-state index in [0.717, 1.165) is 0 Å². The Balaban J connectivity index is 1.42. The zero-order valence-electron chi connectivity index (χ0n) is 16.8. The van der Waals surface area contributed by atoms with Crippen LogP contribution in [0.1, 0.15) is 11.1 Å². The van der Waals surface area contributed by atoms with E-state index >= 15 is 0 Å². The van der Waals surface area contributed by atoms with Gasteiger partial charge in [0.15, 0.2) is 0 Å². The number of alkyl halides is 3. The Morgan fingerprint density at radius 1 is 1.24 bits per heavy atom. The van der Waals surface area contributed by atoms with Gasteiger partial charge in [-0.25, -0.2) is 0 Å². The molecule has 0 spiro atoms. The van der Waals surface area contributed by atoms with E-state index in [9.17, 15) is 28.5 Å². The van der Waals surface area contributed by atoms with E-state index in [1.54, 1.807) is 18.2 Å². The number of hydrogen-bond acceptors (Lipinski definition) is 7. The fourth-order valence-electron chi connectivity index (χ4n) is 3.30. The average molecular weight is 460 g/mol. The van der Waals surface area contributed by atoms with Crippen LogP contribution in [0.5, 0.6) is 11.8 Å². The van der Waals surface area contributed by atoms with E-state index in [-0.39, 0.29) is 30.8 Å². The molecule has 0 saturated carbocycles. The van der Waals surface area contributed by atoms with Crippen LogP contribution in [0.3, 0.4) is 0 Å². The zero-order valence-corrected chi connectivity index (χ0v) is 16.8. The largest absolute Gasteiger partial charge is 0.573 e. The van der Waals surface area contributed by atoms with Gasteiger partial charge in [0, 0.05) is 4.98 Å². The minimum Gasteiger partial charge on any atom is -0.443 e. The molecule has 0 saturated heterocycles. The molecule has 12 heteroatoms. The maximum Gasteiger partial charge on any atom is 0.573 e. The summed E-state index contributed by atoms with van der Waals surface area (Å²) >= 11 is 0. The highest BCUT2D eigenvalue weighted by Crippen LogP contribution is 2.28. The van der Waals surface area contributed by atoms with E-state index in [2.05, 4.69) is 15.8 Å². The molecule has 4 rings (SSSR count). The van der Waals surface area contributed by atoms with Gasteiger partial charge in [-0.2, -0.15) is 5.26 Å². The van der Waals surface area contributed by atoms with E-state index in [0.29, 0.717) is 28.8 Å². The highest BCUT2D eigenvalue weighted by Gasteiger charge is 2.31. The molecule has 1 aliphatic rings. The van der Waals surface area contributed by atoms with Crippen LogP contribution in [0.2, 0.25) is 0 Å². The Hall–Kier alpha value is -4.11. The molecule has 170 valence electrons. The molecule has 9 nitrogen and oxygen atoms in total. The molecular weight excluding hydrogens is 445 g/mol. The van der Waals surface area contributed by atoms with Crippen LogP contribution in [-0.2, 0) is 17.9 Å². The van der Waals surface area contributed by atoms with E-state index in [1.807, 2.05) is 0 Å². The lowest BCUT2D eigenvalue weighted by Crippen LogP contribution is -2.32. The number of rotatable bonds is 6. The molecule has 3 aromatic rings. The first-order valence-electron chi connectivity index (χ1n) is 9.57. The van der Waals surface area contributed by atoms with Crippen LogP contribution >= 0.6 is 0 Å². The predicted molar refractivity (Wildman–Crippen MR) is 106 cm³/mol. The average Bonchev–Trinajstić information content (AvgIpc) is 3.21. The summed E-state index contributed by atoms with van der Waals surface area (Å²) in [5.74, 6) is -0.649. The Morgan fingerprint density at radius 3 is 2.64 bits per heavy atom. The van der Waals surface area contributed by atoms with Gasteiger partial charge < -0.3 is 24.3 Å². The van der Waals surface area contributed by atoms with Gasteiger partial charge >= 0.3 is 18.2 Å². The number of nitrogens with zero attached hydrogens (tertiary/aromatic N) is 4. The SMILES string of the molecule is N#Cc1cc(-c2ccc(OC(F)(F)F)cc2)ccc1CO[C@@H]1COc2nc([N+](=O)[O-])cn2C1. The summed E-state index contributed by atoms with van der Waals surface area (Å²) in [4.78, 5) is 14.0. The maximum atomic E-state index is 12.3. The van der Waals surface area contributed by atoms with Crippen molar-refractivity contribution in [1.82, 2.24) is 9.55 Å². The molecule has 2 aromatic carbocycles. The second-order valence-electron chi connectivity index (χ2n) is 7.09. The molecule has 0 radical (unpaired) electrons. The van der Waals surface area contributed by atoms with Gasteiger partial charge in [0.05, 0.1) is 24.8 Å². The monoisotopic (exact) mass is 460 g/mol. The highest BCUT2D eigenvalue weighted by atomic mass is 19.4. The lowest BCUT2D eigenvalue weighted by Gasteiger charge is -2.22. The minimum absolute atomic E-state index is 0.0989. The van der Waals surface area contributed by atoms with Gasteiger partial charge in [-0.3, -0.25) is 4.57 Å². The number of imidazole rings is 1. The topological polar surface area (TPSA) is 112 Å². The number of aromatic nitrogens is 2. The second-order valence-corrected chi connectivity index (χ2v) is 7.09. The lowest BCUT2D eigenvalue weighted by atomic mass is 10.00. The molecule has 0 aliphatic carbocycles. The van der Waals surface area contributed by atoms with Gasteiger partial charge in [0.1, 0.15) is 24.7 Å². The highest BCUT2D eigenvalue weighted by molar-refractivity contribution is 5.66. The molecule has 0 unspecified atom stereocenters. The molecule has 2 heterocycles. The first kappa shape index (κ1) is 22.1. The normalized spacial score (nSPS) is 15.3. The summed E-state index contributed by atoms with van der Waals surface area (Å²) in [6.07, 6.45) is -3.90. The van der Waals surface area contributed by atoms with Crippen LogP contribution < -0.4 is 9.47 Å². The van der Waals surface area contributed by atoms with Crippen LogP contribution in [0, 0.1) is 21.4 Å². The number of halogens is 3.